The molecule has 1 atom stereocenters. The number of nitrogens with one attached hydrogen (secondary N) is 1. The highest BCUT2D eigenvalue weighted by Crippen LogP contribution is 2.21. The molecule has 0 aliphatic carbocycles. The van der Waals surface area contributed by atoms with Crippen LogP contribution in [0.3, 0.4) is 0 Å². The second-order valence-corrected chi connectivity index (χ2v) is 6.54. The lowest BCUT2D eigenvalue weighted by Crippen LogP contribution is -2.27. The molecule has 2 heterocycles. The number of carbonyl (C=O) groups excluding carboxylic acids is 1. The van der Waals surface area contributed by atoms with E-state index < -0.39 is 0 Å². The summed E-state index contributed by atoms with van der Waals surface area (Å²) < 4.78 is 0.708. The summed E-state index contributed by atoms with van der Waals surface area (Å²) >= 11 is 10.7. The van der Waals surface area contributed by atoms with E-state index in [2.05, 4.69) is 31.2 Å². The first-order chi connectivity index (χ1) is 8.97. The average Bonchev–Trinajstić information content (AvgIpc) is 2.79. The molecule has 0 spiro atoms. The minimum absolute atomic E-state index is 0.166. The minimum Gasteiger partial charge on any atom is -0.343 e. The van der Waals surface area contributed by atoms with E-state index in [1.54, 1.807) is 29.8 Å². The summed E-state index contributed by atoms with van der Waals surface area (Å²) in [4.78, 5) is 21.4. The zero-order valence-electron chi connectivity index (χ0n) is 10.3. The van der Waals surface area contributed by atoms with Crippen LogP contribution in [-0.4, -0.2) is 15.9 Å². The van der Waals surface area contributed by atoms with E-state index in [9.17, 15) is 4.79 Å². The van der Waals surface area contributed by atoms with E-state index in [0.717, 1.165) is 9.88 Å². The zero-order valence-corrected chi connectivity index (χ0v) is 13.4. The first-order valence-corrected chi connectivity index (χ1v) is 7.50. The minimum atomic E-state index is -0.265. The molecule has 1 unspecified atom stereocenters. The fourth-order valence-electron chi connectivity index (χ4n) is 1.49. The van der Waals surface area contributed by atoms with Gasteiger partial charge in [-0.25, -0.2) is 9.97 Å². The van der Waals surface area contributed by atoms with Gasteiger partial charge in [-0.3, -0.25) is 4.79 Å². The van der Waals surface area contributed by atoms with Gasteiger partial charge < -0.3 is 5.32 Å². The molecule has 0 saturated carbocycles. The molecule has 0 aliphatic rings. The lowest BCUT2D eigenvalue weighted by molar-refractivity contribution is 0.0939. The third kappa shape index (κ3) is 3.52. The van der Waals surface area contributed by atoms with Gasteiger partial charge in [-0.2, -0.15) is 0 Å². The third-order valence-electron chi connectivity index (χ3n) is 2.41. The van der Waals surface area contributed by atoms with Crippen molar-refractivity contribution in [2.45, 2.75) is 19.9 Å². The molecule has 100 valence electrons. The Bertz CT molecular complexity index is 617. The van der Waals surface area contributed by atoms with E-state index in [4.69, 9.17) is 11.6 Å². The van der Waals surface area contributed by atoms with Gasteiger partial charge >= 0.3 is 0 Å². The third-order valence-corrected chi connectivity index (χ3v) is 4.24. The van der Waals surface area contributed by atoms with E-state index in [1.165, 1.54) is 0 Å². The maximum absolute atomic E-state index is 12.1. The SMILES string of the molecule is Cc1cnc(C(C)NC(=O)c2cc(Br)cnc2Cl)s1. The number of rotatable bonds is 3. The molecule has 0 bridgehead atoms. The first kappa shape index (κ1) is 14.4. The summed E-state index contributed by atoms with van der Waals surface area (Å²) in [5, 5.41) is 3.91. The molecule has 7 heteroatoms. The van der Waals surface area contributed by atoms with Crippen LogP contribution in [0.15, 0.2) is 22.9 Å². The number of aromatic nitrogens is 2. The van der Waals surface area contributed by atoms with Crippen molar-refractivity contribution in [1.29, 1.82) is 0 Å². The smallest absolute Gasteiger partial charge is 0.255 e. The molecule has 0 fully saturated rings. The molecule has 4 nitrogen and oxygen atoms in total. The Kier molecular flexibility index (Phi) is 4.54. The second kappa shape index (κ2) is 5.98. The number of halogens is 2. The quantitative estimate of drug-likeness (QED) is 0.848. The number of pyridine rings is 1. The Morgan fingerprint density at radius 1 is 1.47 bits per heavy atom. The number of hydrogen-bond donors (Lipinski definition) is 1. The van der Waals surface area contributed by atoms with E-state index in [0.29, 0.717) is 10.0 Å². The van der Waals surface area contributed by atoms with Gasteiger partial charge in [0.1, 0.15) is 10.2 Å². The van der Waals surface area contributed by atoms with Crippen LogP contribution < -0.4 is 5.32 Å². The van der Waals surface area contributed by atoms with Crippen LogP contribution in [0.1, 0.15) is 33.2 Å². The molecule has 1 amide bonds. The normalized spacial score (nSPS) is 12.2. The van der Waals surface area contributed by atoms with Crippen molar-refractivity contribution < 1.29 is 4.79 Å². The standard InChI is InChI=1S/C12H11BrClN3OS/c1-6-4-16-12(19-6)7(2)17-11(18)9-3-8(13)5-15-10(9)14/h3-5,7H,1-2H3,(H,17,18). The predicted molar refractivity (Wildman–Crippen MR) is 79.7 cm³/mol. The average molecular weight is 361 g/mol. The molecule has 0 aliphatic heterocycles. The Balaban J connectivity index is 2.15. The maximum Gasteiger partial charge on any atom is 0.255 e. The van der Waals surface area contributed by atoms with Crippen molar-refractivity contribution in [3.05, 3.63) is 43.5 Å². The molecule has 0 saturated heterocycles. The molecular formula is C12H11BrClN3OS. The number of nitrogens with zero attached hydrogens (tertiary/aromatic N) is 2. The number of hydrogen-bond acceptors (Lipinski definition) is 4. The predicted octanol–water partition coefficient (Wildman–Crippen LogP) is 3.75. The van der Waals surface area contributed by atoms with Gasteiger partial charge in [0.05, 0.1) is 11.6 Å². The van der Waals surface area contributed by atoms with Crippen molar-refractivity contribution in [2.24, 2.45) is 0 Å². The van der Waals surface area contributed by atoms with Gasteiger partial charge in [0.25, 0.3) is 5.91 Å². The largest absolute Gasteiger partial charge is 0.343 e. The first-order valence-electron chi connectivity index (χ1n) is 5.51. The molecule has 2 aromatic heterocycles. The summed E-state index contributed by atoms with van der Waals surface area (Å²) in [5.74, 6) is -0.265. The Hall–Kier alpha value is -0.980. The van der Waals surface area contributed by atoms with Crippen LogP contribution >= 0.6 is 38.9 Å². The summed E-state index contributed by atoms with van der Waals surface area (Å²) in [6.45, 7) is 3.86. The van der Waals surface area contributed by atoms with Crippen LogP contribution in [0.5, 0.6) is 0 Å². The molecule has 1 N–H and O–H groups in total. The Morgan fingerprint density at radius 3 is 2.84 bits per heavy atom. The van der Waals surface area contributed by atoms with Crippen molar-refractivity contribution >= 4 is 44.8 Å². The number of aryl methyl sites for hydroxylation is 1. The van der Waals surface area contributed by atoms with Crippen molar-refractivity contribution in [2.75, 3.05) is 0 Å². The zero-order chi connectivity index (χ0) is 14.0. The van der Waals surface area contributed by atoms with Gasteiger partial charge in [0, 0.05) is 21.7 Å². The van der Waals surface area contributed by atoms with E-state index in [-0.39, 0.29) is 17.1 Å². The van der Waals surface area contributed by atoms with Crippen LogP contribution in [0.4, 0.5) is 0 Å². The summed E-state index contributed by atoms with van der Waals surface area (Å²) in [6, 6.07) is 1.48. The second-order valence-electron chi connectivity index (χ2n) is 4.00. The van der Waals surface area contributed by atoms with Crippen LogP contribution in [0.25, 0.3) is 0 Å². The lowest BCUT2D eigenvalue weighted by atomic mass is 10.2. The van der Waals surface area contributed by atoms with E-state index >= 15 is 0 Å². The molecule has 2 aromatic rings. The van der Waals surface area contributed by atoms with Crippen LogP contribution in [0.2, 0.25) is 5.15 Å². The highest BCUT2D eigenvalue weighted by molar-refractivity contribution is 9.10. The fourth-order valence-corrected chi connectivity index (χ4v) is 2.79. The summed E-state index contributed by atoms with van der Waals surface area (Å²) in [6.07, 6.45) is 3.34. The van der Waals surface area contributed by atoms with Gasteiger partial charge in [-0.15, -0.1) is 11.3 Å². The number of thiazole rings is 1. The van der Waals surface area contributed by atoms with Gasteiger partial charge in [-0.05, 0) is 35.8 Å². The molecule has 2 rings (SSSR count). The highest BCUT2D eigenvalue weighted by Gasteiger charge is 2.17. The molecule has 19 heavy (non-hydrogen) atoms. The van der Waals surface area contributed by atoms with Gasteiger partial charge in [0.15, 0.2) is 0 Å². The fraction of sp³-hybridized carbons (Fsp3) is 0.250. The summed E-state index contributed by atoms with van der Waals surface area (Å²) in [5.41, 5.74) is 0.344. The molecular weight excluding hydrogens is 350 g/mol. The topological polar surface area (TPSA) is 54.9 Å². The molecule has 0 radical (unpaired) electrons. The Morgan fingerprint density at radius 2 is 2.21 bits per heavy atom. The van der Waals surface area contributed by atoms with Crippen molar-refractivity contribution in [3.63, 3.8) is 0 Å². The van der Waals surface area contributed by atoms with Gasteiger partial charge in [0.2, 0.25) is 0 Å². The lowest BCUT2D eigenvalue weighted by Gasteiger charge is -2.11. The van der Waals surface area contributed by atoms with Crippen molar-refractivity contribution in [3.8, 4) is 0 Å². The highest BCUT2D eigenvalue weighted by atomic mass is 79.9. The molecule has 0 aromatic carbocycles. The monoisotopic (exact) mass is 359 g/mol. The van der Waals surface area contributed by atoms with Crippen LogP contribution in [-0.2, 0) is 0 Å². The summed E-state index contributed by atoms with van der Waals surface area (Å²) in [7, 11) is 0. The number of carbonyl (C=O) groups is 1. The van der Waals surface area contributed by atoms with Crippen molar-refractivity contribution in [1.82, 2.24) is 15.3 Å². The van der Waals surface area contributed by atoms with Crippen LogP contribution in [0, 0.1) is 6.92 Å². The van der Waals surface area contributed by atoms with E-state index in [1.807, 2.05) is 13.8 Å². The number of amides is 1. The maximum atomic E-state index is 12.1. The Labute approximate surface area is 128 Å². The van der Waals surface area contributed by atoms with Gasteiger partial charge in [-0.1, -0.05) is 11.6 Å².